The van der Waals surface area contributed by atoms with Crippen molar-refractivity contribution in [3.63, 3.8) is 0 Å². The number of nitrogens with one attached hydrogen (secondary N) is 1. The van der Waals surface area contributed by atoms with Gasteiger partial charge in [-0.05, 0) is 68.3 Å². The van der Waals surface area contributed by atoms with E-state index in [0.717, 1.165) is 16.3 Å². The lowest BCUT2D eigenvalue weighted by molar-refractivity contribution is -0.139. The maximum Gasteiger partial charge on any atom is 0.264 e. The summed E-state index contributed by atoms with van der Waals surface area (Å²) in [7, 11) is -4.26. The number of amides is 2. The second-order valence-electron chi connectivity index (χ2n) is 9.04. The number of anilines is 1. The zero-order valence-corrected chi connectivity index (χ0v) is 24.9. The number of benzene rings is 3. The highest BCUT2D eigenvalue weighted by Gasteiger charge is 2.33. The van der Waals surface area contributed by atoms with Gasteiger partial charge < -0.3 is 10.2 Å². The van der Waals surface area contributed by atoms with E-state index in [1.807, 2.05) is 13.8 Å². The Kier molecular flexibility index (Phi) is 10.7. The number of carbonyl (C=O) groups excluding carboxylic acids is 2. The molecule has 2 amide bonds. The highest BCUT2D eigenvalue weighted by atomic mass is 35.5. The molecule has 0 spiro atoms. The van der Waals surface area contributed by atoms with Crippen molar-refractivity contribution in [3.05, 3.63) is 92.9 Å². The van der Waals surface area contributed by atoms with Gasteiger partial charge in [0, 0.05) is 23.1 Å². The topological polar surface area (TPSA) is 86.8 Å². The maximum absolute atomic E-state index is 13.9. The van der Waals surface area contributed by atoms with E-state index in [1.54, 1.807) is 43.3 Å². The van der Waals surface area contributed by atoms with Crippen LogP contribution in [0.15, 0.2) is 71.6 Å². The smallest absolute Gasteiger partial charge is 0.264 e. The molecular weight excluding hydrogens is 581 g/mol. The molecule has 0 aliphatic rings. The van der Waals surface area contributed by atoms with Crippen molar-refractivity contribution in [1.82, 2.24) is 10.2 Å². The normalized spacial score (nSPS) is 12.1. The van der Waals surface area contributed by atoms with Crippen LogP contribution >= 0.6 is 34.8 Å². The summed E-state index contributed by atoms with van der Waals surface area (Å²) in [5.41, 5.74) is 1.60. The molecule has 0 saturated carbocycles. The number of rotatable bonds is 11. The summed E-state index contributed by atoms with van der Waals surface area (Å²) in [5, 5.41) is 3.61. The first-order valence-electron chi connectivity index (χ1n) is 12.3. The van der Waals surface area contributed by atoms with E-state index >= 15 is 0 Å². The lowest BCUT2D eigenvalue weighted by Gasteiger charge is -2.32. The van der Waals surface area contributed by atoms with Gasteiger partial charge in [0.1, 0.15) is 12.6 Å². The molecule has 7 nitrogen and oxygen atoms in total. The lowest BCUT2D eigenvalue weighted by Crippen LogP contribution is -2.51. The van der Waals surface area contributed by atoms with Gasteiger partial charge in [0.05, 0.1) is 15.6 Å². The summed E-state index contributed by atoms with van der Waals surface area (Å²) in [5.74, 6) is -0.971. The Morgan fingerprint density at radius 1 is 0.949 bits per heavy atom. The molecule has 0 radical (unpaired) electrons. The molecule has 0 aliphatic heterocycles. The third-order valence-corrected chi connectivity index (χ3v) is 8.59. The highest BCUT2D eigenvalue weighted by molar-refractivity contribution is 7.92. The van der Waals surface area contributed by atoms with Crippen LogP contribution in [0.1, 0.15) is 31.4 Å². The number of sulfonamides is 1. The lowest BCUT2D eigenvalue weighted by atomic mass is 10.1. The predicted molar refractivity (Wildman–Crippen MR) is 157 cm³/mol. The molecule has 3 aromatic carbocycles. The largest absolute Gasteiger partial charge is 0.354 e. The van der Waals surface area contributed by atoms with Crippen LogP contribution in [0.2, 0.25) is 15.1 Å². The Labute approximate surface area is 244 Å². The van der Waals surface area contributed by atoms with E-state index < -0.39 is 28.5 Å². The summed E-state index contributed by atoms with van der Waals surface area (Å²) in [4.78, 5) is 28.1. The van der Waals surface area contributed by atoms with Gasteiger partial charge in [-0.15, -0.1) is 0 Å². The van der Waals surface area contributed by atoms with E-state index in [9.17, 15) is 18.0 Å². The van der Waals surface area contributed by atoms with Crippen molar-refractivity contribution in [2.75, 3.05) is 17.4 Å². The van der Waals surface area contributed by atoms with Crippen molar-refractivity contribution in [2.45, 2.75) is 44.7 Å². The summed E-state index contributed by atoms with van der Waals surface area (Å²) in [6.07, 6.45) is 0.719. The first kappa shape index (κ1) is 30.8. The molecule has 0 aromatic heterocycles. The molecular formula is C28H30Cl3N3O4S. The summed E-state index contributed by atoms with van der Waals surface area (Å²) in [6.45, 7) is 5.20. The van der Waals surface area contributed by atoms with Gasteiger partial charge in [0.15, 0.2) is 0 Å². The number of hydrogen-bond acceptors (Lipinski definition) is 4. The summed E-state index contributed by atoms with van der Waals surface area (Å²) < 4.78 is 28.7. The monoisotopic (exact) mass is 609 g/mol. The summed E-state index contributed by atoms with van der Waals surface area (Å²) >= 11 is 18.8. The molecule has 0 saturated heterocycles. The number of nitrogens with zero attached hydrogens (tertiary/aromatic N) is 2. The van der Waals surface area contributed by atoms with Crippen LogP contribution in [-0.2, 0) is 26.2 Å². The molecule has 1 N–H and O–H groups in total. The van der Waals surface area contributed by atoms with E-state index in [-0.39, 0.29) is 33.1 Å². The number of aryl methyl sites for hydroxylation is 1. The van der Waals surface area contributed by atoms with Crippen molar-refractivity contribution in [2.24, 2.45) is 0 Å². The van der Waals surface area contributed by atoms with Crippen molar-refractivity contribution in [3.8, 4) is 0 Å². The first-order valence-corrected chi connectivity index (χ1v) is 14.9. The second-order valence-corrected chi connectivity index (χ2v) is 12.2. The van der Waals surface area contributed by atoms with Crippen LogP contribution in [0.5, 0.6) is 0 Å². The average molecular weight is 611 g/mol. The fourth-order valence-corrected chi connectivity index (χ4v) is 5.91. The van der Waals surface area contributed by atoms with Crippen LogP contribution < -0.4 is 9.62 Å². The Hall–Kier alpha value is -2.78. The molecule has 1 atom stereocenters. The fourth-order valence-electron chi connectivity index (χ4n) is 3.84. The van der Waals surface area contributed by atoms with Gasteiger partial charge in [0.2, 0.25) is 11.8 Å². The minimum Gasteiger partial charge on any atom is -0.354 e. The molecule has 11 heteroatoms. The van der Waals surface area contributed by atoms with E-state index in [1.165, 1.54) is 35.2 Å². The SMILES string of the molecule is CCCNC(=O)C(C)N(Cc1cccc(Cl)c1)C(=O)CN(c1cc(Cl)ccc1Cl)S(=O)(=O)c1ccc(C)cc1. The van der Waals surface area contributed by atoms with Gasteiger partial charge in [-0.3, -0.25) is 13.9 Å². The molecule has 0 fully saturated rings. The second kappa shape index (κ2) is 13.5. The molecule has 208 valence electrons. The summed E-state index contributed by atoms with van der Waals surface area (Å²) in [6, 6.07) is 16.6. The zero-order chi connectivity index (χ0) is 28.7. The third-order valence-electron chi connectivity index (χ3n) is 6.02. The van der Waals surface area contributed by atoms with E-state index in [0.29, 0.717) is 17.1 Å². The van der Waals surface area contributed by atoms with Crippen molar-refractivity contribution < 1.29 is 18.0 Å². The number of halogens is 3. The van der Waals surface area contributed by atoms with Gasteiger partial charge >= 0.3 is 0 Å². The van der Waals surface area contributed by atoms with E-state index in [4.69, 9.17) is 34.8 Å². The van der Waals surface area contributed by atoms with Crippen LogP contribution in [0.25, 0.3) is 0 Å². The molecule has 39 heavy (non-hydrogen) atoms. The molecule has 3 rings (SSSR count). The van der Waals surface area contributed by atoms with Gasteiger partial charge in [-0.2, -0.15) is 0 Å². The first-order chi connectivity index (χ1) is 18.4. The maximum atomic E-state index is 13.9. The fraction of sp³-hybridized carbons (Fsp3) is 0.286. The zero-order valence-electron chi connectivity index (χ0n) is 21.8. The minimum atomic E-state index is -4.26. The van der Waals surface area contributed by atoms with Crippen LogP contribution in [0, 0.1) is 6.92 Å². The third kappa shape index (κ3) is 7.88. The van der Waals surface area contributed by atoms with Crippen LogP contribution in [0.4, 0.5) is 5.69 Å². The highest BCUT2D eigenvalue weighted by Crippen LogP contribution is 2.33. The Balaban J connectivity index is 2.06. The van der Waals surface area contributed by atoms with Gasteiger partial charge in [-0.1, -0.05) is 71.6 Å². The van der Waals surface area contributed by atoms with Crippen molar-refractivity contribution >= 4 is 62.3 Å². The van der Waals surface area contributed by atoms with Gasteiger partial charge in [0.25, 0.3) is 10.0 Å². The molecule has 3 aromatic rings. The number of carbonyl (C=O) groups is 2. The minimum absolute atomic E-state index is 0.0212. The van der Waals surface area contributed by atoms with Crippen molar-refractivity contribution in [1.29, 1.82) is 0 Å². The Bertz CT molecular complexity index is 1430. The predicted octanol–water partition coefficient (Wildman–Crippen LogP) is 6.09. The molecule has 0 heterocycles. The van der Waals surface area contributed by atoms with Crippen LogP contribution in [0.3, 0.4) is 0 Å². The number of hydrogen-bond donors (Lipinski definition) is 1. The van der Waals surface area contributed by atoms with Crippen LogP contribution in [-0.4, -0.2) is 44.3 Å². The Morgan fingerprint density at radius 3 is 2.26 bits per heavy atom. The Morgan fingerprint density at radius 2 is 1.62 bits per heavy atom. The molecule has 0 aliphatic carbocycles. The average Bonchev–Trinajstić information content (AvgIpc) is 2.90. The standard InChI is InChI=1S/C28H30Cl3N3O4S/c1-4-14-32-28(36)20(3)33(17-21-6-5-7-22(29)15-21)27(35)18-34(26-16-23(30)10-13-25(26)31)39(37,38)24-11-8-19(2)9-12-24/h5-13,15-16,20H,4,14,17-18H2,1-3H3,(H,32,36). The molecule has 0 bridgehead atoms. The quantitative estimate of drug-likeness (QED) is 0.285. The van der Waals surface area contributed by atoms with Gasteiger partial charge in [-0.25, -0.2) is 8.42 Å². The molecule has 1 unspecified atom stereocenters. The van der Waals surface area contributed by atoms with E-state index in [2.05, 4.69) is 5.32 Å².